The van der Waals surface area contributed by atoms with Crippen molar-refractivity contribution in [2.75, 3.05) is 4.90 Å². The van der Waals surface area contributed by atoms with Gasteiger partial charge in [-0.15, -0.1) is 0 Å². The van der Waals surface area contributed by atoms with Gasteiger partial charge in [0.15, 0.2) is 0 Å². The summed E-state index contributed by atoms with van der Waals surface area (Å²) in [5, 5.41) is 2.47. The van der Waals surface area contributed by atoms with E-state index >= 15 is 0 Å². The van der Waals surface area contributed by atoms with Gasteiger partial charge < -0.3 is 4.90 Å². The van der Waals surface area contributed by atoms with E-state index in [1.54, 1.807) is 0 Å². The molecule has 0 atom stereocenters. The summed E-state index contributed by atoms with van der Waals surface area (Å²) in [5.41, 5.74) is 12.9. The molecule has 0 aliphatic carbocycles. The van der Waals surface area contributed by atoms with Crippen LogP contribution in [0.2, 0.25) is 0 Å². The number of rotatable bonds is 8. The van der Waals surface area contributed by atoms with Gasteiger partial charge in [-0.2, -0.15) is 0 Å². The summed E-state index contributed by atoms with van der Waals surface area (Å²) < 4.78 is 0. The Kier molecular flexibility index (Phi) is 8.32. The normalized spacial score (nSPS) is 11.4. The Morgan fingerprint density at radius 3 is 1.26 bits per heavy atom. The highest BCUT2D eigenvalue weighted by atomic mass is 15.1. The average molecular weight is 642 g/mol. The Morgan fingerprint density at radius 2 is 0.780 bits per heavy atom. The first-order valence-corrected chi connectivity index (χ1v) is 17.4. The van der Waals surface area contributed by atoms with Gasteiger partial charge in [-0.3, -0.25) is 0 Å². The van der Waals surface area contributed by atoms with Crippen LogP contribution in [0.5, 0.6) is 0 Å². The molecule has 8 aromatic rings. The highest BCUT2D eigenvalue weighted by Gasteiger charge is 2.29. The fourth-order valence-electron chi connectivity index (χ4n) is 7.19. The maximum Gasteiger partial charge on any atom is 0.0543 e. The summed E-state index contributed by atoms with van der Waals surface area (Å²) in [5.74, 6) is 0. The van der Waals surface area contributed by atoms with E-state index in [1.807, 2.05) is 0 Å². The predicted octanol–water partition coefficient (Wildman–Crippen LogP) is 13.6. The van der Waals surface area contributed by atoms with Crippen LogP contribution in [0.3, 0.4) is 0 Å². The van der Waals surface area contributed by atoms with Gasteiger partial charge in [0.1, 0.15) is 0 Å². The van der Waals surface area contributed by atoms with E-state index < -0.39 is 0 Å². The summed E-state index contributed by atoms with van der Waals surface area (Å²) in [6.45, 7) is 4.71. The molecule has 0 aliphatic rings. The maximum absolute atomic E-state index is 2.43. The molecule has 240 valence electrons. The van der Waals surface area contributed by atoms with Crippen LogP contribution in [-0.4, -0.2) is 0 Å². The van der Waals surface area contributed by atoms with Gasteiger partial charge >= 0.3 is 0 Å². The van der Waals surface area contributed by atoms with Gasteiger partial charge in [0, 0.05) is 22.2 Å². The quantitative estimate of drug-likeness (QED) is 0.160. The van der Waals surface area contributed by atoms with Crippen LogP contribution in [0.15, 0.2) is 200 Å². The molecule has 0 unspecified atom stereocenters. The lowest BCUT2D eigenvalue weighted by Crippen LogP contribution is -2.21. The molecule has 8 aromatic carbocycles. The first-order chi connectivity index (χ1) is 24.6. The number of anilines is 3. The summed E-state index contributed by atoms with van der Waals surface area (Å²) >= 11 is 0. The second-order valence-corrected chi connectivity index (χ2v) is 13.4. The second kappa shape index (κ2) is 13.4. The Hall–Kier alpha value is -6.18. The van der Waals surface area contributed by atoms with Crippen LogP contribution in [0, 0.1) is 0 Å². The molecular formula is C49H39N. The topological polar surface area (TPSA) is 3.24 Å². The van der Waals surface area contributed by atoms with E-state index in [0.29, 0.717) is 0 Å². The minimum atomic E-state index is -0.277. The van der Waals surface area contributed by atoms with E-state index in [4.69, 9.17) is 0 Å². The van der Waals surface area contributed by atoms with Crippen LogP contribution in [0.1, 0.15) is 25.0 Å². The monoisotopic (exact) mass is 641 g/mol. The van der Waals surface area contributed by atoms with Crippen molar-refractivity contribution >= 4 is 27.8 Å². The standard InChI is InChI=1S/C49H39N/c1-49(2,43-23-13-6-14-24-43)46-35-42(38-20-11-5-12-21-38)34-41-22-15-25-47(48(41)46)50(44-30-26-39(27-31-44)36-16-7-3-8-17-36)45-32-28-40(29-33-45)37-18-9-4-10-19-37/h3-35H,1-2H3. The molecule has 1 nitrogen and oxygen atoms in total. The highest BCUT2D eigenvalue weighted by Crippen LogP contribution is 2.46. The molecule has 0 radical (unpaired) electrons. The molecule has 0 saturated heterocycles. The van der Waals surface area contributed by atoms with Crippen LogP contribution in [0.25, 0.3) is 44.2 Å². The fraction of sp³-hybridized carbons (Fsp3) is 0.0612. The van der Waals surface area contributed by atoms with Gasteiger partial charge in [-0.1, -0.05) is 172 Å². The van der Waals surface area contributed by atoms with Crippen molar-refractivity contribution in [1.29, 1.82) is 0 Å². The van der Waals surface area contributed by atoms with Gasteiger partial charge in [-0.25, -0.2) is 0 Å². The average Bonchev–Trinajstić information content (AvgIpc) is 3.19. The third kappa shape index (κ3) is 5.99. The van der Waals surface area contributed by atoms with Crippen molar-refractivity contribution < 1.29 is 0 Å². The van der Waals surface area contributed by atoms with Crippen molar-refractivity contribution in [3.8, 4) is 33.4 Å². The molecule has 0 spiro atoms. The molecule has 1 heteroatoms. The molecule has 0 aliphatic heterocycles. The zero-order valence-corrected chi connectivity index (χ0v) is 28.5. The van der Waals surface area contributed by atoms with Crippen molar-refractivity contribution in [2.24, 2.45) is 0 Å². The van der Waals surface area contributed by atoms with E-state index in [1.165, 1.54) is 55.3 Å². The first kappa shape index (κ1) is 31.1. The lowest BCUT2D eigenvalue weighted by molar-refractivity contribution is 0.647. The molecule has 0 amide bonds. The Bertz CT molecular complexity index is 2260. The summed E-state index contributed by atoms with van der Waals surface area (Å²) in [6.07, 6.45) is 0. The Morgan fingerprint density at radius 1 is 0.360 bits per heavy atom. The lowest BCUT2D eigenvalue weighted by atomic mass is 9.75. The molecule has 0 fully saturated rings. The summed E-state index contributed by atoms with van der Waals surface area (Å²) in [4.78, 5) is 2.43. The lowest BCUT2D eigenvalue weighted by Gasteiger charge is -2.33. The smallest absolute Gasteiger partial charge is 0.0543 e. The van der Waals surface area contributed by atoms with Gasteiger partial charge in [-0.05, 0) is 92.4 Å². The zero-order valence-electron chi connectivity index (χ0n) is 28.5. The van der Waals surface area contributed by atoms with E-state index in [0.717, 1.165) is 17.1 Å². The number of hydrogen-bond acceptors (Lipinski definition) is 1. The van der Waals surface area contributed by atoms with Gasteiger partial charge in [0.2, 0.25) is 0 Å². The SMILES string of the molecule is CC(C)(c1ccccc1)c1cc(-c2ccccc2)cc2cccc(N(c3ccc(-c4ccccc4)cc3)c3ccc(-c4ccccc4)cc3)c12. The molecule has 0 N–H and O–H groups in total. The molecule has 50 heavy (non-hydrogen) atoms. The summed E-state index contributed by atoms with van der Waals surface area (Å²) in [6, 6.07) is 72.4. The molecular weight excluding hydrogens is 603 g/mol. The number of nitrogens with zero attached hydrogens (tertiary/aromatic N) is 1. The highest BCUT2D eigenvalue weighted by molar-refractivity contribution is 6.04. The summed E-state index contributed by atoms with van der Waals surface area (Å²) in [7, 11) is 0. The van der Waals surface area contributed by atoms with Crippen molar-refractivity contribution in [3.05, 3.63) is 211 Å². The fourth-order valence-corrected chi connectivity index (χ4v) is 7.19. The van der Waals surface area contributed by atoms with Gasteiger partial charge in [0.25, 0.3) is 0 Å². The third-order valence-corrected chi connectivity index (χ3v) is 9.94. The third-order valence-electron chi connectivity index (χ3n) is 9.94. The molecule has 0 saturated carbocycles. The number of benzene rings is 8. The van der Waals surface area contributed by atoms with E-state index in [-0.39, 0.29) is 5.41 Å². The van der Waals surface area contributed by atoms with E-state index in [2.05, 4.69) is 219 Å². The predicted molar refractivity (Wildman–Crippen MR) is 214 cm³/mol. The molecule has 0 heterocycles. The van der Waals surface area contributed by atoms with Crippen LogP contribution < -0.4 is 4.90 Å². The molecule has 8 rings (SSSR count). The molecule has 0 bridgehead atoms. The zero-order chi connectivity index (χ0) is 33.9. The first-order valence-electron chi connectivity index (χ1n) is 17.4. The minimum Gasteiger partial charge on any atom is -0.310 e. The Balaban J connectivity index is 1.36. The minimum absolute atomic E-state index is 0.277. The van der Waals surface area contributed by atoms with Crippen molar-refractivity contribution in [1.82, 2.24) is 0 Å². The van der Waals surface area contributed by atoms with Gasteiger partial charge in [0.05, 0.1) is 5.69 Å². The maximum atomic E-state index is 2.43. The largest absolute Gasteiger partial charge is 0.310 e. The van der Waals surface area contributed by atoms with Crippen LogP contribution in [0.4, 0.5) is 17.1 Å². The van der Waals surface area contributed by atoms with Crippen molar-refractivity contribution in [3.63, 3.8) is 0 Å². The second-order valence-electron chi connectivity index (χ2n) is 13.4. The number of fused-ring (bicyclic) bond motifs is 1. The van der Waals surface area contributed by atoms with Crippen LogP contribution >= 0.6 is 0 Å². The van der Waals surface area contributed by atoms with E-state index in [9.17, 15) is 0 Å². The van der Waals surface area contributed by atoms with Crippen LogP contribution in [-0.2, 0) is 5.41 Å². The van der Waals surface area contributed by atoms with Crippen molar-refractivity contribution in [2.45, 2.75) is 19.3 Å². The molecule has 0 aromatic heterocycles. The Labute approximate surface area is 295 Å². The number of hydrogen-bond donors (Lipinski definition) is 0.